The molecular weight excluding hydrogens is 290 g/mol. The Morgan fingerprint density at radius 1 is 1.33 bits per heavy atom. The molecule has 0 bridgehead atoms. The third-order valence-electron chi connectivity index (χ3n) is 3.10. The predicted molar refractivity (Wildman–Crippen MR) is 81.7 cm³/mol. The van der Waals surface area contributed by atoms with E-state index in [1.807, 2.05) is 13.8 Å². The van der Waals surface area contributed by atoms with Crippen LogP contribution in [0.15, 0.2) is 35.1 Å². The van der Waals surface area contributed by atoms with Crippen LogP contribution in [-0.4, -0.2) is 15.5 Å². The lowest BCUT2D eigenvalue weighted by molar-refractivity contribution is 0.100. The third kappa shape index (κ3) is 3.49. The van der Waals surface area contributed by atoms with Crippen molar-refractivity contribution >= 4 is 17.5 Å². The van der Waals surface area contributed by atoms with Gasteiger partial charge in [-0.3, -0.25) is 14.2 Å². The van der Waals surface area contributed by atoms with Crippen LogP contribution < -0.4 is 11.3 Å². The number of hydrogen-bond acceptors (Lipinski definition) is 3. The van der Waals surface area contributed by atoms with Gasteiger partial charge in [0.05, 0.1) is 6.54 Å². The Hall–Kier alpha value is -2.14. The van der Waals surface area contributed by atoms with E-state index in [1.54, 1.807) is 28.8 Å². The van der Waals surface area contributed by atoms with Crippen molar-refractivity contribution in [3.8, 4) is 0 Å². The van der Waals surface area contributed by atoms with E-state index in [-0.39, 0.29) is 16.6 Å². The van der Waals surface area contributed by atoms with E-state index in [0.29, 0.717) is 17.9 Å². The Morgan fingerprint density at radius 2 is 1.95 bits per heavy atom. The minimum absolute atomic E-state index is 0.0706. The van der Waals surface area contributed by atoms with E-state index in [0.717, 1.165) is 5.56 Å². The molecule has 0 aliphatic heterocycles. The molecule has 0 saturated carbocycles. The van der Waals surface area contributed by atoms with Crippen LogP contribution in [0, 0.1) is 0 Å². The van der Waals surface area contributed by atoms with Gasteiger partial charge in [0.1, 0.15) is 11.0 Å². The normalized spacial score (nSPS) is 10.9. The van der Waals surface area contributed by atoms with Gasteiger partial charge in [-0.15, -0.1) is 0 Å². The number of benzene rings is 1. The lowest BCUT2D eigenvalue weighted by Gasteiger charge is -2.14. The smallest absolute Gasteiger partial charge is 0.255 e. The monoisotopic (exact) mass is 305 g/mol. The quantitative estimate of drug-likeness (QED) is 0.879. The van der Waals surface area contributed by atoms with E-state index in [4.69, 9.17) is 17.3 Å². The average molecular weight is 306 g/mol. The summed E-state index contributed by atoms with van der Waals surface area (Å²) in [5, 5.41) is 0.198. The second-order valence-corrected chi connectivity index (χ2v) is 5.46. The Labute approximate surface area is 127 Å². The first-order valence-corrected chi connectivity index (χ1v) is 6.92. The predicted octanol–water partition coefficient (Wildman–Crippen LogP) is 2.17. The largest absolute Gasteiger partial charge is 0.366 e. The summed E-state index contributed by atoms with van der Waals surface area (Å²) in [7, 11) is 0. The van der Waals surface area contributed by atoms with Crippen LogP contribution in [0.25, 0.3) is 0 Å². The van der Waals surface area contributed by atoms with Crippen molar-refractivity contribution in [1.29, 1.82) is 0 Å². The molecule has 0 saturated heterocycles. The zero-order valence-electron chi connectivity index (χ0n) is 11.8. The number of aromatic nitrogens is 2. The standard InChI is InChI=1S/C15H16ClN3O2/c1-9(2)15-18-12(16)7-13(20)19(15)8-10-3-5-11(6-4-10)14(17)21/h3-7,9H,8H2,1-2H3,(H2,17,21). The second-order valence-electron chi connectivity index (χ2n) is 5.08. The summed E-state index contributed by atoms with van der Waals surface area (Å²) in [6.45, 7) is 4.27. The summed E-state index contributed by atoms with van der Waals surface area (Å²) < 4.78 is 1.58. The maximum atomic E-state index is 12.1. The minimum Gasteiger partial charge on any atom is -0.366 e. The Balaban J connectivity index is 2.39. The molecule has 0 radical (unpaired) electrons. The molecule has 0 spiro atoms. The van der Waals surface area contributed by atoms with Gasteiger partial charge in [-0.2, -0.15) is 0 Å². The summed E-state index contributed by atoms with van der Waals surface area (Å²) in [6.07, 6.45) is 0. The summed E-state index contributed by atoms with van der Waals surface area (Å²) in [4.78, 5) is 27.4. The highest BCUT2D eigenvalue weighted by atomic mass is 35.5. The first-order chi connectivity index (χ1) is 9.88. The van der Waals surface area contributed by atoms with E-state index in [9.17, 15) is 9.59 Å². The lowest BCUT2D eigenvalue weighted by Crippen LogP contribution is -2.25. The zero-order chi connectivity index (χ0) is 15.6. The molecular formula is C15H16ClN3O2. The number of hydrogen-bond donors (Lipinski definition) is 1. The molecule has 2 rings (SSSR count). The van der Waals surface area contributed by atoms with Gasteiger partial charge in [0.15, 0.2) is 0 Å². The molecule has 0 aliphatic carbocycles. The molecule has 1 aromatic heterocycles. The van der Waals surface area contributed by atoms with Crippen molar-refractivity contribution in [2.24, 2.45) is 5.73 Å². The van der Waals surface area contributed by atoms with Crippen molar-refractivity contribution < 1.29 is 4.79 Å². The zero-order valence-corrected chi connectivity index (χ0v) is 12.6. The second kappa shape index (κ2) is 6.10. The maximum absolute atomic E-state index is 12.1. The number of halogens is 1. The average Bonchev–Trinajstić information content (AvgIpc) is 2.41. The number of nitrogens with two attached hydrogens (primary N) is 1. The summed E-state index contributed by atoms with van der Waals surface area (Å²) >= 11 is 5.85. The van der Waals surface area contributed by atoms with Gasteiger partial charge >= 0.3 is 0 Å². The van der Waals surface area contributed by atoms with Crippen LogP contribution in [-0.2, 0) is 6.54 Å². The molecule has 0 fully saturated rings. The van der Waals surface area contributed by atoms with Crippen LogP contribution in [0.3, 0.4) is 0 Å². The van der Waals surface area contributed by atoms with E-state index < -0.39 is 5.91 Å². The number of carbonyl (C=O) groups is 1. The van der Waals surface area contributed by atoms with Gasteiger partial charge in [0, 0.05) is 17.5 Å². The Morgan fingerprint density at radius 3 is 2.48 bits per heavy atom. The van der Waals surface area contributed by atoms with Gasteiger partial charge in [0.2, 0.25) is 5.91 Å². The lowest BCUT2D eigenvalue weighted by atomic mass is 10.1. The van der Waals surface area contributed by atoms with Gasteiger partial charge in [-0.05, 0) is 17.7 Å². The molecule has 21 heavy (non-hydrogen) atoms. The first-order valence-electron chi connectivity index (χ1n) is 6.54. The van der Waals surface area contributed by atoms with Crippen LogP contribution in [0.5, 0.6) is 0 Å². The highest BCUT2D eigenvalue weighted by molar-refractivity contribution is 6.29. The van der Waals surface area contributed by atoms with Crippen molar-refractivity contribution in [2.75, 3.05) is 0 Å². The topological polar surface area (TPSA) is 78.0 Å². The van der Waals surface area contributed by atoms with Crippen molar-refractivity contribution in [1.82, 2.24) is 9.55 Å². The fourth-order valence-electron chi connectivity index (χ4n) is 2.05. The van der Waals surface area contributed by atoms with E-state index in [1.165, 1.54) is 6.07 Å². The molecule has 5 nitrogen and oxygen atoms in total. The van der Waals surface area contributed by atoms with Crippen LogP contribution in [0.2, 0.25) is 5.15 Å². The van der Waals surface area contributed by atoms with Crippen molar-refractivity contribution in [3.05, 3.63) is 62.8 Å². The van der Waals surface area contributed by atoms with E-state index >= 15 is 0 Å². The first kappa shape index (κ1) is 15.3. The number of amides is 1. The van der Waals surface area contributed by atoms with Gasteiger partial charge in [-0.25, -0.2) is 4.98 Å². The molecule has 6 heteroatoms. The van der Waals surface area contributed by atoms with Crippen LogP contribution >= 0.6 is 11.6 Å². The minimum atomic E-state index is -0.477. The number of nitrogens with zero attached hydrogens (tertiary/aromatic N) is 2. The number of primary amides is 1. The van der Waals surface area contributed by atoms with Crippen molar-refractivity contribution in [2.45, 2.75) is 26.3 Å². The highest BCUT2D eigenvalue weighted by Gasteiger charge is 2.12. The fourth-order valence-corrected chi connectivity index (χ4v) is 2.23. The maximum Gasteiger partial charge on any atom is 0.255 e. The Bertz CT molecular complexity index is 721. The molecule has 1 aromatic carbocycles. The SMILES string of the molecule is CC(C)c1nc(Cl)cc(=O)n1Cc1ccc(C(N)=O)cc1. The van der Waals surface area contributed by atoms with Gasteiger partial charge < -0.3 is 5.73 Å². The molecule has 2 N–H and O–H groups in total. The fraction of sp³-hybridized carbons (Fsp3) is 0.267. The number of rotatable bonds is 4. The molecule has 110 valence electrons. The summed E-state index contributed by atoms with van der Waals surface area (Å²) in [6, 6.07) is 8.11. The van der Waals surface area contributed by atoms with Gasteiger partial charge in [0.25, 0.3) is 5.56 Å². The Kier molecular flexibility index (Phi) is 4.43. The molecule has 0 atom stereocenters. The molecule has 1 amide bonds. The van der Waals surface area contributed by atoms with Crippen LogP contribution in [0.4, 0.5) is 0 Å². The highest BCUT2D eigenvalue weighted by Crippen LogP contribution is 2.14. The summed E-state index contributed by atoms with van der Waals surface area (Å²) in [5.74, 6) is 0.225. The van der Waals surface area contributed by atoms with Gasteiger partial charge in [-0.1, -0.05) is 37.6 Å². The molecule has 0 aliphatic rings. The molecule has 1 heterocycles. The number of carbonyl (C=O) groups excluding carboxylic acids is 1. The van der Waals surface area contributed by atoms with E-state index in [2.05, 4.69) is 4.98 Å². The third-order valence-corrected chi connectivity index (χ3v) is 3.30. The van der Waals surface area contributed by atoms with Crippen LogP contribution in [0.1, 0.15) is 41.5 Å². The molecule has 2 aromatic rings. The summed E-state index contributed by atoms with van der Waals surface area (Å²) in [5.41, 5.74) is 6.32. The van der Waals surface area contributed by atoms with Crippen molar-refractivity contribution in [3.63, 3.8) is 0 Å². The molecule has 0 unspecified atom stereocenters.